The van der Waals surface area contributed by atoms with Gasteiger partial charge in [0.05, 0.1) is 25.4 Å². The predicted molar refractivity (Wildman–Crippen MR) is 122 cm³/mol. The third-order valence-corrected chi connectivity index (χ3v) is 5.50. The average Bonchev–Trinajstić information content (AvgIpc) is 3.32. The summed E-state index contributed by atoms with van der Waals surface area (Å²) in [5.74, 6) is 0.931. The summed E-state index contributed by atoms with van der Waals surface area (Å²) in [6.07, 6.45) is 3.29. The molecule has 0 radical (unpaired) electrons. The van der Waals surface area contributed by atoms with Crippen LogP contribution in [0.25, 0.3) is 5.69 Å². The zero-order chi connectivity index (χ0) is 21.6. The molecule has 0 saturated carbocycles. The van der Waals surface area contributed by atoms with Crippen molar-refractivity contribution in [1.82, 2.24) is 25.0 Å². The molecule has 0 amide bonds. The van der Waals surface area contributed by atoms with Crippen LogP contribution in [0.1, 0.15) is 35.3 Å². The van der Waals surface area contributed by atoms with Crippen LogP contribution in [0.2, 0.25) is 0 Å². The molecule has 0 spiro atoms. The lowest BCUT2D eigenvalue weighted by atomic mass is 10.00. The number of nitrogens with zero attached hydrogens (tertiary/aromatic N) is 5. The van der Waals surface area contributed by atoms with Crippen LogP contribution in [0.3, 0.4) is 0 Å². The molecular formula is C24H30N6O. The Hall–Kier alpha value is -3.19. The molecule has 3 aromatic rings. The minimum atomic E-state index is 0.0557. The Kier molecular flexibility index (Phi) is 6.62. The van der Waals surface area contributed by atoms with E-state index in [1.165, 1.54) is 23.0 Å². The highest BCUT2D eigenvalue weighted by Gasteiger charge is 2.25. The molecular weight excluding hydrogens is 388 g/mol. The van der Waals surface area contributed by atoms with Gasteiger partial charge in [-0.15, -0.1) is 0 Å². The summed E-state index contributed by atoms with van der Waals surface area (Å²) in [5.41, 5.74) is 5.95. The van der Waals surface area contributed by atoms with E-state index in [1.54, 1.807) is 11.0 Å². The highest BCUT2D eigenvalue weighted by molar-refractivity contribution is 5.80. The van der Waals surface area contributed by atoms with Crippen molar-refractivity contribution in [1.29, 1.82) is 0 Å². The van der Waals surface area contributed by atoms with Gasteiger partial charge in [0.25, 0.3) is 0 Å². The fourth-order valence-corrected chi connectivity index (χ4v) is 3.90. The van der Waals surface area contributed by atoms with Gasteiger partial charge < -0.3 is 15.0 Å². The number of guanidine groups is 1. The normalized spacial score (nSPS) is 17.1. The molecule has 7 nitrogen and oxygen atoms in total. The number of nitrogens with one attached hydrogen (secondary N) is 1. The predicted octanol–water partition coefficient (Wildman–Crippen LogP) is 3.42. The summed E-state index contributed by atoms with van der Waals surface area (Å²) in [6.45, 7) is 10.1. The highest BCUT2D eigenvalue weighted by atomic mass is 16.5. The number of aromatic nitrogens is 3. The molecule has 1 N–H and O–H groups in total. The smallest absolute Gasteiger partial charge is 0.194 e. The molecule has 0 aliphatic carbocycles. The second-order valence-electron chi connectivity index (χ2n) is 7.84. The quantitative estimate of drug-likeness (QED) is 0.508. The van der Waals surface area contributed by atoms with E-state index >= 15 is 0 Å². The first-order valence-electron chi connectivity index (χ1n) is 10.8. The van der Waals surface area contributed by atoms with Crippen LogP contribution >= 0.6 is 0 Å². The van der Waals surface area contributed by atoms with Crippen LogP contribution in [0.4, 0.5) is 0 Å². The van der Waals surface area contributed by atoms with E-state index in [9.17, 15) is 0 Å². The lowest BCUT2D eigenvalue weighted by Gasteiger charge is -2.36. The third kappa shape index (κ3) is 5.11. The first-order chi connectivity index (χ1) is 15.1. The minimum absolute atomic E-state index is 0.0557. The van der Waals surface area contributed by atoms with E-state index in [2.05, 4.69) is 71.4 Å². The fraction of sp³-hybridized carbons (Fsp3) is 0.375. The van der Waals surface area contributed by atoms with Crippen molar-refractivity contribution in [3.05, 3.63) is 77.4 Å². The summed E-state index contributed by atoms with van der Waals surface area (Å²) in [7, 11) is 0. The molecule has 162 valence electrons. The Labute approximate surface area is 183 Å². The number of aliphatic imine (C=N–C) groups is 1. The number of ether oxygens (including phenoxy) is 1. The average molecular weight is 419 g/mol. The largest absolute Gasteiger partial charge is 0.370 e. The molecule has 1 fully saturated rings. The summed E-state index contributed by atoms with van der Waals surface area (Å²) in [6, 6.07) is 14.8. The summed E-state index contributed by atoms with van der Waals surface area (Å²) in [4.78, 5) is 11.2. The monoisotopic (exact) mass is 418 g/mol. The maximum atomic E-state index is 6.12. The second-order valence-corrected chi connectivity index (χ2v) is 7.84. The van der Waals surface area contributed by atoms with Crippen LogP contribution in [0, 0.1) is 13.8 Å². The van der Waals surface area contributed by atoms with E-state index in [1.807, 2.05) is 12.1 Å². The van der Waals surface area contributed by atoms with Gasteiger partial charge in [-0.1, -0.05) is 35.9 Å². The number of morpholine rings is 1. The number of aryl methyl sites for hydroxylation is 2. The van der Waals surface area contributed by atoms with Gasteiger partial charge in [-0.2, -0.15) is 5.10 Å². The molecule has 2 heterocycles. The zero-order valence-corrected chi connectivity index (χ0v) is 18.5. The maximum absolute atomic E-state index is 6.12. The fourth-order valence-electron chi connectivity index (χ4n) is 3.90. The Bertz CT molecular complexity index is 1010. The van der Waals surface area contributed by atoms with Crippen LogP contribution in [-0.2, 0) is 11.3 Å². The molecule has 1 unspecified atom stereocenters. The molecule has 1 saturated heterocycles. The van der Waals surface area contributed by atoms with Crippen molar-refractivity contribution in [3.63, 3.8) is 0 Å². The topological polar surface area (TPSA) is 67.6 Å². The van der Waals surface area contributed by atoms with E-state index in [4.69, 9.17) is 9.73 Å². The van der Waals surface area contributed by atoms with Crippen LogP contribution < -0.4 is 5.32 Å². The Balaban J connectivity index is 1.46. The zero-order valence-electron chi connectivity index (χ0n) is 18.5. The first-order valence-corrected chi connectivity index (χ1v) is 10.8. The van der Waals surface area contributed by atoms with Gasteiger partial charge >= 0.3 is 0 Å². The summed E-state index contributed by atoms with van der Waals surface area (Å²) >= 11 is 0. The van der Waals surface area contributed by atoms with Crippen molar-refractivity contribution in [2.75, 3.05) is 26.2 Å². The van der Waals surface area contributed by atoms with E-state index in [0.29, 0.717) is 13.2 Å². The van der Waals surface area contributed by atoms with Crippen LogP contribution in [0.15, 0.2) is 60.1 Å². The van der Waals surface area contributed by atoms with Crippen molar-refractivity contribution in [2.45, 2.75) is 33.4 Å². The van der Waals surface area contributed by atoms with E-state index in [-0.39, 0.29) is 6.10 Å². The van der Waals surface area contributed by atoms with Gasteiger partial charge in [0.2, 0.25) is 0 Å². The maximum Gasteiger partial charge on any atom is 0.194 e. The molecule has 1 aromatic heterocycles. The lowest BCUT2D eigenvalue weighted by Crippen LogP contribution is -2.48. The molecule has 7 heteroatoms. The van der Waals surface area contributed by atoms with Gasteiger partial charge in [0, 0.05) is 13.1 Å². The molecule has 1 aliphatic rings. The SMILES string of the molecule is CCNC(=NCc1ccc(-n2cncn2)cc1)N1CCOC(c2ccc(C)cc2C)C1. The van der Waals surface area contributed by atoms with E-state index < -0.39 is 0 Å². The molecule has 0 bridgehead atoms. The summed E-state index contributed by atoms with van der Waals surface area (Å²) in [5, 5.41) is 7.62. The number of hydrogen-bond acceptors (Lipinski definition) is 4. The minimum Gasteiger partial charge on any atom is -0.370 e. The van der Waals surface area contributed by atoms with Gasteiger partial charge in [0.15, 0.2) is 5.96 Å². The van der Waals surface area contributed by atoms with Gasteiger partial charge in [-0.05, 0) is 49.6 Å². The van der Waals surface area contributed by atoms with Crippen molar-refractivity contribution >= 4 is 5.96 Å². The second kappa shape index (κ2) is 9.75. The first kappa shape index (κ1) is 21.1. The molecule has 1 atom stereocenters. The Morgan fingerprint density at radius 1 is 1.19 bits per heavy atom. The van der Waals surface area contributed by atoms with Crippen LogP contribution in [0.5, 0.6) is 0 Å². The lowest BCUT2D eigenvalue weighted by molar-refractivity contribution is -0.00834. The summed E-state index contributed by atoms with van der Waals surface area (Å²) < 4.78 is 7.86. The van der Waals surface area contributed by atoms with Gasteiger partial charge in [-0.25, -0.2) is 14.7 Å². The number of rotatable bonds is 5. The van der Waals surface area contributed by atoms with Crippen LogP contribution in [-0.4, -0.2) is 51.9 Å². The standard InChI is InChI=1S/C24H30N6O/c1-4-26-24(27-14-20-6-8-21(9-7-20)30-17-25-16-28-30)29-11-12-31-23(15-29)22-10-5-18(2)13-19(22)3/h5-10,13,16-17,23H,4,11-12,14-15H2,1-3H3,(H,26,27). The number of benzene rings is 2. The Morgan fingerprint density at radius 3 is 2.74 bits per heavy atom. The molecule has 31 heavy (non-hydrogen) atoms. The number of hydrogen-bond donors (Lipinski definition) is 1. The third-order valence-electron chi connectivity index (χ3n) is 5.50. The van der Waals surface area contributed by atoms with Crippen molar-refractivity contribution in [3.8, 4) is 5.69 Å². The van der Waals surface area contributed by atoms with E-state index in [0.717, 1.165) is 36.8 Å². The van der Waals surface area contributed by atoms with Gasteiger partial charge in [0.1, 0.15) is 18.8 Å². The molecule has 2 aromatic carbocycles. The molecule has 1 aliphatic heterocycles. The highest BCUT2D eigenvalue weighted by Crippen LogP contribution is 2.26. The van der Waals surface area contributed by atoms with Crippen molar-refractivity contribution in [2.24, 2.45) is 4.99 Å². The molecule has 4 rings (SSSR count). The van der Waals surface area contributed by atoms with Gasteiger partial charge in [-0.3, -0.25) is 0 Å². The Morgan fingerprint density at radius 2 is 2.03 bits per heavy atom. The van der Waals surface area contributed by atoms with Crippen molar-refractivity contribution < 1.29 is 4.74 Å².